The molecule has 0 saturated carbocycles. The third kappa shape index (κ3) is 3.06. The Morgan fingerprint density at radius 3 is 2.70 bits per heavy atom. The van der Waals surface area contributed by atoms with Gasteiger partial charge in [0, 0.05) is 13.2 Å². The van der Waals surface area contributed by atoms with Crippen molar-refractivity contribution in [3.05, 3.63) is 24.3 Å². The number of fused-ring (bicyclic) bond motifs is 1. The van der Waals surface area contributed by atoms with E-state index in [-0.39, 0.29) is 12.1 Å². The molecule has 1 saturated heterocycles. The Bertz CT molecular complexity index is 435. The van der Waals surface area contributed by atoms with E-state index in [1.54, 1.807) is 0 Å². The summed E-state index contributed by atoms with van der Waals surface area (Å²) < 4.78 is 17.2. The summed E-state index contributed by atoms with van der Waals surface area (Å²) in [5, 5.41) is 0. The van der Waals surface area contributed by atoms with Crippen LogP contribution in [-0.2, 0) is 4.74 Å². The van der Waals surface area contributed by atoms with Gasteiger partial charge in [0.15, 0.2) is 11.5 Å². The standard InChI is InChI=1S/C15H22N2O3/c16-17-12(9-11-5-7-18-8-6-11)15-10-19-13-3-1-2-4-14(13)20-15/h1-4,11-12,15,17H,5-10,16H2. The Labute approximate surface area is 119 Å². The number of nitrogens with one attached hydrogen (secondary N) is 1. The summed E-state index contributed by atoms with van der Waals surface area (Å²) in [6, 6.07) is 7.86. The first kappa shape index (κ1) is 13.7. The molecule has 0 aromatic heterocycles. The first-order valence-electron chi connectivity index (χ1n) is 7.29. The van der Waals surface area contributed by atoms with E-state index in [1.165, 1.54) is 0 Å². The molecule has 2 unspecified atom stereocenters. The van der Waals surface area contributed by atoms with Crippen molar-refractivity contribution in [3.63, 3.8) is 0 Å². The fourth-order valence-electron chi connectivity index (χ4n) is 2.90. The molecule has 1 aromatic carbocycles. The molecule has 0 amide bonds. The maximum atomic E-state index is 6.03. The van der Waals surface area contributed by atoms with E-state index >= 15 is 0 Å². The van der Waals surface area contributed by atoms with Gasteiger partial charge in [-0.3, -0.25) is 11.3 Å². The number of ether oxygens (including phenoxy) is 3. The molecule has 5 heteroatoms. The van der Waals surface area contributed by atoms with Gasteiger partial charge in [-0.05, 0) is 37.3 Å². The van der Waals surface area contributed by atoms with Crippen molar-refractivity contribution in [1.82, 2.24) is 5.43 Å². The second-order valence-corrected chi connectivity index (χ2v) is 5.48. The first-order chi connectivity index (χ1) is 9.86. The minimum atomic E-state index is -0.0438. The Morgan fingerprint density at radius 1 is 1.20 bits per heavy atom. The SMILES string of the molecule is NNC(CC1CCOCC1)C1COc2ccccc2O1. The number of hydrogen-bond acceptors (Lipinski definition) is 5. The topological polar surface area (TPSA) is 65.7 Å². The minimum absolute atomic E-state index is 0.0438. The van der Waals surface area contributed by atoms with E-state index in [2.05, 4.69) is 5.43 Å². The van der Waals surface area contributed by atoms with E-state index in [1.807, 2.05) is 24.3 Å². The van der Waals surface area contributed by atoms with Crippen LogP contribution in [0.2, 0.25) is 0 Å². The average molecular weight is 278 g/mol. The smallest absolute Gasteiger partial charge is 0.161 e. The molecule has 2 atom stereocenters. The van der Waals surface area contributed by atoms with Crippen molar-refractivity contribution in [2.75, 3.05) is 19.8 Å². The summed E-state index contributed by atoms with van der Waals surface area (Å²) in [6.07, 6.45) is 3.15. The lowest BCUT2D eigenvalue weighted by atomic mass is 9.90. The Morgan fingerprint density at radius 2 is 1.95 bits per heavy atom. The van der Waals surface area contributed by atoms with Crippen molar-refractivity contribution in [2.24, 2.45) is 11.8 Å². The van der Waals surface area contributed by atoms with Crippen molar-refractivity contribution in [2.45, 2.75) is 31.4 Å². The molecular weight excluding hydrogens is 256 g/mol. The highest BCUT2D eigenvalue weighted by molar-refractivity contribution is 5.40. The number of hydrazine groups is 1. The minimum Gasteiger partial charge on any atom is -0.486 e. The van der Waals surface area contributed by atoms with Gasteiger partial charge in [-0.25, -0.2) is 0 Å². The molecule has 20 heavy (non-hydrogen) atoms. The van der Waals surface area contributed by atoms with Gasteiger partial charge in [-0.1, -0.05) is 12.1 Å². The number of hydrogen-bond donors (Lipinski definition) is 2. The van der Waals surface area contributed by atoms with Crippen LogP contribution in [-0.4, -0.2) is 32.0 Å². The zero-order valence-corrected chi connectivity index (χ0v) is 11.6. The fourth-order valence-corrected chi connectivity index (χ4v) is 2.90. The molecule has 3 rings (SSSR count). The second-order valence-electron chi connectivity index (χ2n) is 5.48. The lowest BCUT2D eigenvalue weighted by Crippen LogP contribution is -2.51. The van der Waals surface area contributed by atoms with E-state index in [9.17, 15) is 0 Å². The summed E-state index contributed by atoms with van der Waals surface area (Å²) in [7, 11) is 0. The van der Waals surface area contributed by atoms with Crippen LogP contribution >= 0.6 is 0 Å². The largest absolute Gasteiger partial charge is 0.486 e. The number of para-hydroxylation sites is 2. The van der Waals surface area contributed by atoms with Gasteiger partial charge in [0.2, 0.25) is 0 Å². The van der Waals surface area contributed by atoms with Crippen LogP contribution < -0.4 is 20.7 Å². The first-order valence-corrected chi connectivity index (χ1v) is 7.29. The van der Waals surface area contributed by atoms with E-state index in [0.717, 1.165) is 44.0 Å². The number of rotatable bonds is 4. The van der Waals surface area contributed by atoms with Gasteiger partial charge in [0.05, 0.1) is 6.04 Å². The fraction of sp³-hybridized carbons (Fsp3) is 0.600. The average Bonchev–Trinajstić information content (AvgIpc) is 2.53. The lowest BCUT2D eigenvalue weighted by Gasteiger charge is -2.34. The normalized spacial score (nSPS) is 24.4. The predicted molar refractivity (Wildman–Crippen MR) is 75.6 cm³/mol. The molecule has 0 radical (unpaired) electrons. The van der Waals surface area contributed by atoms with Crippen LogP contribution in [0, 0.1) is 5.92 Å². The van der Waals surface area contributed by atoms with Crippen molar-refractivity contribution < 1.29 is 14.2 Å². The quantitative estimate of drug-likeness (QED) is 0.645. The van der Waals surface area contributed by atoms with Gasteiger partial charge in [-0.2, -0.15) is 0 Å². The molecule has 0 spiro atoms. The van der Waals surface area contributed by atoms with Crippen LogP contribution in [0.3, 0.4) is 0 Å². The van der Waals surface area contributed by atoms with Gasteiger partial charge < -0.3 is 14.2 Å². The second kappa shape index (κ2) is 6.43. The van der Waals surface area contributed by atoms with Gasteiger partial charge >= 0.3 is 0 Å². The van der Waals surface area contributed by atoms with Crippen LogP contribution in [0.15, 0.2) is 24.3 Å². The summed E-state index contributed by atoms with van der Waals surface area (Å²) in [6.45, 7) is 2.24. The summed E-state index contributed by atoms with van der Waals surface area (Å²) in [5.74, 6) is 7.98. The van der Waals surface area contributed by atoms with Crippen LogP contribution in [0.25, 0.3) is 0 Å². The maximum absolute atomic E-state index is 6.03. The van der Waals surface area contributed by atoms with Crippen molar-refractivity contribution in [3.8, 4) is 11.5 Å². The summed E-state index contributed by atoms with van der Waals surface area (Å²) in [4.78, 5) is 0. The third-order valence-corrected chi connectivity index (χ3v) is 4.12. The lowest BCUT2D eigenvalue weighted by molar-refractivity contribution is 0.0315. The molecule has 2 aliphatic heterocycles. The van der Waals surface area contributed by atoms with Gasteiger partial charge in [0.25, 0.3) is 0 Å². The molecular formula is C15H22N2O3. The van der Waals surface area contributed by atoms with E-state index < -0.39 is 0 Å². The Hall–Kier alpha value is -1.30. The molecule has 1 fully saturated rings. The van der Waals surface area contributed by atoms with Crippen LogP contribution in [0.4, 0.5) is 0 Å². The zero-order valence-electron chi connectivity index (χ0n) is 11.6. The highest BCUT2D eigenvalue weighted by Crippen LogP contribution is 2.32. The highest BCUT2D eigenvalue weighted by atomic mass is 16.6. The molecule has 0 aliphatic carbocycles. The van der Waals surface area contributed by atoms with Crippen LogP contribution in [0.1, 0.15) is 19.3 Å². The van der Waals surface area contributed by atoms with E-state index in [0.29, 0.717) is 12.5 Å². The van der Waals surface area contributed by atoms with Crippen LogP contribution in [0.5, 0.6) is 11.5 Å². The Balaban J connectivity index is 1.62. The number of benzene rings is 1. The predicted octanol–water partition coefficient (Wildman–Crippen LogP) is 1.47. The maximum Gasteiger partial charge on any atom is 0.161 e. The monoisotopic (exact) mass is 278 g/mol. The molecule has 1 aromatic rings. The highest BCUT2D eigenvalue weighted by Gasteiger charge is 2.30. The Kier molecular flexibility index (Phi) is 4.40. The molecule has 3 N–H and O–H groups in total. The molecule has 0 bridgehead atoms. The van der Waals surface area contributed by atoms with Crippen molar-refractivity contribution >= 4 is 0 Å². The molecule has 2 aliphatic rings. The van der Waals surface area contributed by atoms with Gasteiger partial charge in [-0.15, -0.1) is 0 Å². The molecule has 110 valence electrons. The van der Waals surface area contributed by atoms with Crippen molar-refractivity contribution in [1.29, 1.82) is 0 Å². The van der Waals surface area contributed by atoms with E-state index in [4.69, 9.17) is 20.1 Å². The number of nitrogens with two attached hydrogens (primary N) is 1. The third-order valence-electron chi connectivity index (χ3n) is 4.12. The molecule has 2 heterocycles. The summed E-state index contributed by atoms with van der Waals surface area (Å²) in [5.41, 5.74) is 2.90. The van der Waals surface area contributed by atoms with Gasteiger partial charge in [0.1, 0.15) is 12.7 Å². The zero-order chi connectivity index (χ0) is 13.8. The molecule has 5 nitrogen and oxygen atoms in total. The summed E-state index contributed by atoms with van der Waals surface area (Å²) >= 11 is 0.